The second kappa shape index (κ2) is 7.85. The minimum Gasteiger partial charge on any atom is -0.361 e. The summed E-state index contributed by atoms with van der Waals surface area (Å²) in [5.41, 5.74) is 5.64. The van der Waals surface area contributed by atoms with E-state index in [9.17, 15) is 4.79 Å². The zero-order valence-electron chi connectivity index (χ0n) is 12.7. The first kappa shape index (κ1) is 16.4. The summed E-state index contributed by atoms with van der Waals surface area (Å²) in [4.78, 5) is 12.1. The summed E-state index contributed by atoms with van der Waals surface area (Å²) in [5, 5.41) is 2.97. The van der Waals surface area contributed by atoms with Gasteiger partial charge in [0.05, 0.1) is 5.60 Å². The fraction of sp³-hybridized carbons (Fsp3) is 0.933. The minimum absolute atomic E-state index is 0.0218. The number of hydrogen-bond donors (Lipinski definition) is 2. The highest BCUT2D eigenvalue weighted by Gasteiger charge is 2.34. The molecule has 1 rings (SSSR count). The van der Waals surface area contributed by atoms with Gasteiger partial charge in [0, 0.05) is 12.6 Å². The molecule has 19 heavy (non-hydrogen) atoms. The molecule has 3 N–H and O–H groups in total. The molecule has 0 bridgehead atoms. The van der Waals surface area contributed by atoms with E-state index >= 15 is 0 Å². The number of nitrogens with two attached hydrogens (primary N) is 1. The van der Waals surface area contributed by atoms with E-state index in [1.54, 1.807) is 0 Å². The maximum Gasteiger partial charge on any atom is 0.249 e. The van der Waals surface area contributed by atoms with Crippen molar-refractivity contribution in [1.82, 2.24) is 5.32 Å². The van der Waals surface area contributed by atoms with E-state index in [0.717, 1.165) is 32.1 Å². The average molecular weight is 270 g/mol. The Labute approximate surface area is 117 Å². The van der Waals surface area contributed by atoms with Gasteiger partial charge in [-0.25, -0.2) is 0 Å². The number of ether oxygens (including phenoxy) is 1. The molecule has 4 heteroatoms. The van der Waals surface area contributed by atoms with Gasteiger partial charge in [-0.2, -0.15) is 0 Å². The maximum atomic E-state index is 12.1. The Kier molecular flexibility index (Phi) is 6.80. The first-order valence-electron chi connectivity index (χ1n) is 7.71. The molecule has 1 aliphatic rings. The highest BCUT2D eigenvalue weighted by Crippen LogP contribution is 2.30. The average Bonchev–Trinajstić information content (AvgIpc) is 2.64. The molecule has 0 heterocycles. The van der Waals surface area contributed by atoms with E-state index in [1.165, 1.54) is 12.8 Å². The van der Waals surface area contributed by atoms with E-state index in [4.69, 9.17) is 10.5 Å². The SMILES string of the molecule is CCC(C)NC(=O)C(C)OC1(CN)CCCCCC1. The van der Waals surface area contributed by atoms with Crippen molar-refractivity contribution in [2.45, 2.75) is 83.5 Å². The lowest BCUT2D eigenvalue weighted by Gasteiger charge is -2.34. The van der Waals surface area contributed by atoms with Gasteiger partial charge < -0.3 is 15.8 Å². The maximum absolute atomic E-state index is 12.1. The van der Waals surface area contributed by atoms with Crippen LogP contribution in [-0.4, -0.2) is 30.2 Å². The van der Waals surface area contributed by atoms with Gasteiger partial charge in [0.25, 0.3) is 0 Å². The molecular formula is C15H30N2O2. The molecule has 112 valence electrons. The molecule has 0 aromatic carbocycles. The van der Waals surface area contributed by atoms with Gasteiger partial charge in [0.1, 0.15) is 6.10 Å². The van der Waals surface area contributed by atoms with Crippen molar-refractivity contribution >= 4 is 5.91 Å². The normalized spacial score (nSPS) is 22.3. The first-order chi connectivity index (χ1) is 9.03. The number of carbonyl (C=O) groups is 1. The predicted molar refractivity (Wildman–Crippen MR) is 77.9 cm³/mol. The largest absolute Gasteiger partial charge is 0.361 e. The van der Waals surface area contributed by atoms with Crippen LogP contribution in [0, 0.1) is 0 Å². The summed E-state index contributed by atoms with van der Waals surface area (Å²) in [7, 11) is 0. The van der Waals surface area contributed by atoms with Gasteiger partial charge in [0.15, 0.2) is 0 Å². The summed E-state index contributed by atoms with van der Waals surface area (Å²) < 4.78 is 6.08. The molecule has 2 unspecified atom stereocenters. The fourth-order valence-corrected chi connectivity index (χ4v) is 2.63. The van der Waals surface area contributed by atoms with Crippen LogP contribution in [0.2, 0.25) is 0 Å². The van der Waals surface area contributed by atoms with Gasteiger partial charge >= 0.3 is 0 Å². The Morgan fingerprint density at radius 3 is 2.32 bits per heavy atom. The van der Waals surface area contributed by atoms with Crippen LogP contribution in [-0.2, 0) is 9.53 Å². The smallest absolute Gasteiger partial charge is 0.249 e. The lowest BCUT2D eigenvalue weighted by Crippen LogP contribution is -2.48. The van der Waals surface area contributed by atoms with Crippen LogP contribution < -0.4 is 11.1 Å². The van der Waals surface area contributed by atoms with Gasteiger partial charge in [-0.15, -0.1) is 0 Å². The topological polar surface area (TPSA) is 64.3 Å². The van der Waals surface area contributed by atoms with Crippen molar-refractivity contribution in [1.29, 1.82) is 0 Å². The highest BCUT2D eigenvalue weighted by atomic mass is 16.5. The quantitative estimate of drug-likeness (QED) is 0.728. The van der Waals surface area contributed by atoms with Crippen molar-refractivity contribution in [2.75, 3.05) is 6.54 Å². The molecule has 1 saturated carbocycles. The van der Waals surface area contributed by atoms with E-state index in [-0.39, 0.29) is 17.6 Å². The van der Waals surface area contributed by atoms with Crippen molar-refractivity contribution in [2.24, 2.45) is 5.73 Å². The summed E-state index contributed by atoms with van der Waals surface area (Å²) in [6.45, 7) is 6.41. The van der Waals surface area contributed by atoms with Gasteiger partial charge in [-0.1, -0.05) is 32.6 Å². The van der Waals surface area contributed by atoms with Crippen LogP contribution in [0.15, 0.2) is 0 Å². The molecule has 1 amide bonds. The number of carbonyl (C=O) groups excluding carboxylic acids is 1. The summed E-state index contributed by atoms with van der Waals surface area (Å²) in [6.07, 6.45) is 7.26. The third-order valence-corrected chi connectivity index (χ3v) is 4.18. The third kappa shape index (κ3) is 5.11. The third-order valence-electron chi connectivity index (χ3n) is 4.18. The lowest BCUT2D eigenvalue weighted by atomic mass is 9.94. The Bertz CT molecular complexity index is 273. The van der Waals surface area contributed by atoms with Crippen LogP contribution in [0.1, 0.15) is 65.7 Å². The van der Waals surface area contributed by atoms with Crippen LogP contribution in [0.25, 0.3) is 0 Å². The monoisotopic (exact) mass is 270 g/mol. The van der Waals surface area contributed by atoms with Gasteiger partial charge in [0.2, 0.25) is 5.91 Å². The number of nitrogens with one attached hydrogen (secondary N) is 1. The Hall–Kier alpha value is -0.610. The van der Waals surface area contributed by atoms with Crippen molar-refractivity contribution in [3.63, 3.8) is 0 Å². The molecule has 0 aliphatic heterocycles. The number of rotatable bonds is 6. The molecular weight excluding hydrogens is 240 g/mol. The molecule has 1 fully saturated rings. The minimum atomic E-state index is -0.421. The summed E-state index contributed by atoms with van der Waals surface area (Å²) in [5.74, 6) is -0.0218. The lowest BCUT2D eigenvalue weighted by molar-refractivity contribution is -0.147. The van der Waals surface area contributed by atoms with Crippen LogP contribution >= 0.6 is 0 Å². The zero-order valence-corrected chi connectivity index (χ0v) is 12.7. The first-order valence-corrected chi connectivity index (χ1v) is 7.71. The highest BCUT2D eigenvalue weighted by molar-refractivity contribution is 5.80. The molecule has 0 aromatic rings. The van der Waals surface area contributed by atoms with Crippen molar-refractivity contribution in [3.05, 3.63) is 0 Å². The Morgan fingerprint density at radius 2 is 1.84 bits per heavy atom. The summed E-state index contributed by atoms with van der Waals surface area (Å²) >= 11 is 0. The zero-order chi connectivity index (χ0) is 14.3. The predicted octanol–water partition coefficient (Wildman–Crippen LogP) is 2.36. The van der Waals surface area contributed by atoms with Gasteiger partial charge in [-0.3, -0.25) is 4.79 Å². The van der Waals surface area contributed by atoms with Crippen LogP contribution in [0.5, 0.6) is 0 Å². The summed E-state index contributed by atoms with van der Waals surface area (Å²) in [6, 6.07) is 0.196. The molecule has 2 atom stereocenters. The molecule has 0 aromatic heterocycles. The number of amides is 1. The number of hydrogen-bond acceptors (Lipinski definition) is 3. The van der Waals surface area contributed by atoms with E-state index in [1.807, 2.05) is 13.8 Å². The Balaban J connectivity index is 2.56. The van der Waals surface area contributed by atoms with Crippen molar-refractivity contribution < 1.29 is 9.53 Å². The molecule has 0 spiro atoms. The van der Waals surface area contributed by atoms with Crippen LogP contribution in [0.3, 0.4) is 0 Å². The van der Waals surface area contributed by atoms with Gasteiger partial charge in [-0.05, 0) is 33.1 Å². The van der Waals surface area contributed by atoms with Crippen LogP contribution in [0.4, 0.5) is 0 Å². The second-order valence-corrected chi connectivity index (χ2v) is 5.88. The van der Waals surface area contributed by atoms with E-state index < -0.39 is 6.10 Å². The standard InChI is InChI=1S/C15H30N2O2/c1-4-12(2)17-14(18)13(3)19-15(11-16)9-7-5-6-8-10-15/h12-13H,4-11,16H2,1-3H3,(H,17,18). The molecule has 0 radical (unpaired) electrons. The Morgan fingerprint density at radius 1 is 1.26 bits per heavy atom. The van der Waals surface area contributed by atoms with E-state index in [0.29, 0.717) is 6.54 Å². The second-order valence-electron chi connectivity index (χ2n) is 5.88. The van der Waals surface area contributed by atoms with Crippen molar-refractivity contribution in [3.8, 4) is 0 Å². The molecule has 0 saturated heterocycles. The fourth-order valence-electron chi connectivity index (χ4n) is 2.63. The molecule has 4 nitrogen and oxygen atoms in total. The molecule has 1 aliphatic carbocycles. The van der Waals surface area contributed by atoms with E-state index in [2.05, 4.69) is 12.2 Å².